The average molecular weight is 289 g/mol. The molecule has 0 atom stereocenters. The molecule has 0 amide bonds. The molecule has 5 heteroatoms. The van der Waals surface area contributed by atoms with Gasteiger partial charge in [-0.3, -0.25) is 0 Å². The number of fused-ring (bicyclic) bond motifs is 1. The number of benzene rings is 1. The predicted octanol–water partition coefficient (Wildman–Crippen LogP) is 4.25. The lowest BCUT2D eigenvalue weighted by molar-refractivity contribution is 0.441. The van der Waals surface area contributed by atoms with Crippen LogP contribution in [0.5, 0.6) is 0 Å². The molecular weight excluding hydrogens is 274 g/mol. The number of thiazole rings is 1. The van der Waals surface area contributed by atoms with Crippen LogP contribution < -0.4 is 0 Å². The number of aryl methyl sites for hydroxylation is 1. The second kappa shape index (κ2) is 4.28. The number of H-pyrrole nitrogens is 1. The number of aromatic amines is 1. The van der Waals surface area contributed by atoms with Crippen LogP contribution in [0.25, 0.3) is 11.0 Å². The Kier molecular flexibility index (Phi) is 2.83. The highest BCUT2D eigenvalue weighted by Gasteiger charge is 2.28. The number of para-hydroxylation sites is 1. The normalized spacial score (nSPS) is 12.2. The summed E-state index contributed by atoms with van der Waals surface area (Å²) in [7, 11) is 0. The molecule has 0 unspecified atom stereocenters. The molecule has 0 saturated carbocycles. The first-order chi connectivity index (χ1) is 9.01. The number of hydrogen-bond acceptors (Lipinski definition) is 3. The van der Waals surface area contributed by atoms with Crippen molar-refractivity contribution in [3.05, 3.63) is 45.1 Å². The van der Waals surface area contributed by atoms with Crippen LogP contribution in [-0.2, 0) is 5.54 Å². The van der Waals surface area contributed by atoms with Crippen LogP contribution in [0.4, 0.5) is 0 Å². The van der Waals surface area contributed by atoms with E-state index in [0.29, 0.717) is 0 Å². The second-order valence-electron chi connectivity index (χ2n) is 5.13. The molecule has 2 aromatic heterocycles. The van der Waals surface area contributed by atoms with Gasteiger partial charge in [0, 0.05) is 11.6 Å². The molecule has 3 nitrogen and oxygen atoms in total. The van der Waals surface area contributed by atoms with Gasteiger partial charge in [0.25, 0.3) is 0 Å². The van der Waals surface area contributed by atoms with Crippen LogP contribution in [0, 0.1) is 11.7 Å². The van der Waals surface area contributed by atoms with Crippen molar-refractivity contribution in [2.75, 3.05) is 0 Å². The Bertz CT molecular complexity index is 779. The standard InChI is InChI=1S/C14H15N3S2/c1-9-5-4-6-10-11(9)16-13(18)17(10)14(2,3)12-15-7-8-19-12/h4-8H,1-3H3,(H,16,18). The fourth-order valence-corrected chi connectivity index (χ4v) is 3.63. The van der Waals surface area contributed by atoms with Crippen molar-refractivity contribution < 1.29 is 0 Å². The topological polar surface area (TPSA) is 33.6 Å². The summed E-state index contributed by atoms with van der Waals surface area (Å²) in [6.07, 6.45) is 1.84. The van der Waals surface area contributed by atoms with Gasteiger partial charge in [0.05, 0.1) is 16.6 Å². The van der Waals surface area contributed by atoms with Gasteiger partial charge in [-0.1, -0.05) is 12.1 Å². The van der Waals surface area contributed by atoms with Crippen molar-refractivity contribution in [2.24, 2.45) is 0 Å². The maximum absolute atomic E-state index is 5.52. The van der Waals surface area contributed by atoms with Gasteiger partial charge in [0.15, 0.2) is 4.77 Å². The third-order valence-corrected chi connectivity index (χ3v) is 4.81. The quantitative estimate of drug-likeness (QED) is 0.716. The largest absolute Gasteiger partial charge is 0.330 e. The Morgan fingerprint density at radius 1 is 1.37 bits per heavy atom. The summed E-state index contributed by atoms with van der Waals surface area (Å²) < 4.78 is 2.90. The van der Waals surface area contributed by atoms with Gasteiger partial charge < -0.3 is 9.55 Å². The highest BCUT2D eigenvalue weighted by Crippen LogP contribution is 2.31. The maximum Gasteiger partial charge on any atom is 0.178 e. The lowest BCUT2D eigenvalue weighted by atomic mass is 10.1. The summed E-state index contributed by atoms with van der Waals surface area (Å²) >= 11 is 7.18. The third kappa shape index (κ3) is 1.84. The van der Waals surface area contributed by atoms with E-state index in [0.717, 1.165) is 20.8 Å². The SMILES string of the molecule is Cc1cccc2c1[nH]c(=S)n2C(C)(C)c1nccs1. The fourth-order valence-electron chi connectivity index (χ4n) is 2.45. The first-order valence-electron chi connectivity index (χ1n) is 6.12. The number of nitrogens with zero attached hydrogens (tertiary/aromatic N) is 2. The van der Waals surface area contributed by atoms with Crippen molar-refractivity contribution in [2.45, 2.75) is 26.3 Å². The molecule has 3 rings (SSSR count). The minimum atomic E-state index is -0.253. The molecule has 0 radical (unpaired) electrons. The van der Waals surface area contributed by atoms with Crippen LogP contribution in [0.1, 0.15) is 24.4 Å². The highest BCUT2D eigenvalue weighted by atomic mass is 32.1. The van der Waals surface area contributed by atoms with Gasteiger partial charge in [0.2, 0.25) is 0 Å². The van der Waals surface area contributed by atoms with Crippen LogP contribution in [0.15, 0.2) is 29.8 Å². The van der Waals surface area contributed by atoms with Crippen molar-refractivity contribution in [3.8, 4) is 0 Å². The molecule has 0 aliphatic rings. The predicted molar refractivity (Wildman–Crippen MR) is 82.4 cm³/mol. The van der Waals surface area contributed by atoms with Crippen molar-refractivity contribution in [3.63, 3.8) is 0 Å². The van der Waals surface area contributed by atoms with Crippen LogP contribution in [0.3, 0.4) is 0 Å². The van der Waals surface area contributed by atoms with E-state index in [1.54, 1.807) is 11.3 Å². The van der Waals surface area contributed by atoms with Crippen LogP contribution in [-0.4, -0.2) is 14.5 Å². The first-order valence-corrected chi connectivity index (χ1v) is 7.41. The lowest BCUT2D eigenvalue weighted by Crippen LogP contribution is -2.27. The molecule has 0 fully saturated rings. The minimum Gasteiger partial charge on any atom is -0.330 e. The molecular formula is C14H15N3S2. The monoisotopic (exact) mass is 289 g/mol. The summed E-state index contributed by atoms with van der Waals surface area (Å²) in [5.41, 5.74) is 3.19. The molecule has 0 saturated heterocycles. The summed E-state index contributed by atoms with van der Waals surface area (Å²) in [5, 5.41) is 3.06. The van der Waals surface area contributed by atoms with Gasteiger partial charge in [0.1, 0.15) is 5.01 Å². The number of imidazole rings is 1. The first kappa shape index (κ1) is 12.6. The van der Waals surface area contributed by atoms with E-state index in [4.69, 9.17) is 12.2 Å². The van der Waals surface area contributed by atoms with E-state index < -0.39 is 0 Å². The molecule has 1 aromatic carbocycles. The zero-order chi connectivity index (χ0) is 13.6. The van der Waals surface area contributed by atoms with Crippen LogP contribution in [0.2, 0.25) is 0 Å². The van der Waals surface area contributed by atoms with E-state index in [2.05, 4.69) is 53.5 Å². The molecule has 98 valence electrons. The Labute approximate surface area is 120 Å². The number of rotatable bonds is 2. The highest BCUT2D eigenvalue weighted by molar-refractivity contribution is 7.71. The summed E-state index contributed by atoms with van der Waals surface area (Å²) in [5.74, 6) is 0. The van der Waals surface area contributed by atoms with E-state index >= 15 is 0 Å². The molecule has 0 aliphatic carbocycles. The van der Waals surface area contributed by atoms with E-state index in [1.165, 1.54) is 5.56 Å². The van der Waals surface area contributed by atoms with Gasteiger partial charge in [-0.25, -0.2) is 4.98 Å². The zero-order valence-electron chi connectivity index (χ0n) is 11.1. The molecule has 1 N–H and O–H groups in total. The van der Waals surface area contributed by atoms with Gasteiger partial charge in [-0.05, 0) is 44.6 Å². The molecule has 3 aromatic rings. The molecule has 0 aliphatic heterocycles. The lowest BCUT2D eigenvalue weighted by Gasteiger charge is -2.25. The van der Waals surface area contributed by atoms with Crippen molar-refractivity contribution >= 4 is 34.6 Å². The van der Waals surface area contributed by atoms with E-state index in [-0.39, 0.29) is 5.54 Å². The molecule has 19 heavy (non-hydrogen) atoms. The van der Waals surface area contributed by atoms with Crippen molar-refractivity contribution in [1.82, 2.24) is 14.5 Å². The van der Waals surface area contributed by atoms with Gasteiger partial charge >= 0.3 is 0 Å². The van der Waals surface area contributed by atoms with Gasteiger partial charge in [-0.15, -0.1) is 11.3 Å². The zero-order valence-corrected chi connectivity index (χ0v) is 12.7. The number of nitrogens with one attached hydrogen (secondary N) is 1. The minimum absolute atomic E-state index is 0.253. The molecule has 2 heterocycles. The second-order valence-corrected chi connectivity index (χ2v) is 6.41. The molecule has 0 spiro atoms. The molecule has 0 bridgehead atoms. The Morgan fingerprint density at radius 2 is 2.16 bits per heavy atom. The number of aromatic nitrogens is 3. The Balaban J connectivity index is 2.35. The fraction of sp³-hybridized carbons (Fsp3) is 0.286. The summed E-state index contributed by atoms with van der Waals surface area (Å²) in [4.78, 5) is 7.77. The smallest absolute Gasteiger partial charge is 0.178 e. The van der Waals surface area contributed by atoms with E-state index in [9.17, 15) is 0 Å². The summed E-state index contributed by atoms with van der Waals surface area (Å²) in [6.45, 7) is 6.39. The Hall–Kier alpha value is -1.46. The average Bonchev–Trinajstić information content (AvgIpc) is 2.96. The van der Waals surface area contributed by atoms with Crippen molar-refractivity contribution in [1.29, 1.82) is 0 Å². The summed E-state index contributed by atoms with van der Waals surface area (Å²) in [6, 6.07) is 6.26. The maximum atomic E-state index is 5.52. The Morgan fingerprint density at radius 3 is 2.84 bits per heavy atom. The third-order valence-electron chi connectivity index (χ3n) is 3.44. The van der Waals surface area contributed by atoms with Gasteiger partial charge in [-0.2, -0.15) is 0 Å². The van der Waals surface area contributed by atoms with Crippen LogP contribution >= 0.6 is 23.6 Å². The van der Waals surface area contributed by atoms with E-state index in [1.807, 2.05) is 11.6 Å². The number of hydrogen-bond donors (Lipinski definition) is 1.